The Morgan fingerprint density at radius 1 is 0.547 bits per heavy atom. The van der Waals surface area contributed by atoms with E-state index in [4.69, 9.17) is 33.2 Å². The maximum Gasteiger partial charge on any atom is 0.343 e. The van der Waals surface area contributed by atoms with Crippen LogP contribution in [0.25, 0.3) is 0 Å². The highest BCUT2D eigenvalue weighted by molar-refractivity contribution is 7.91. The van der Waals surface area contributed by atoms with Crippen molar-refractivity contribution < 1.29 is 51.2 Å². The van der Waals surface area contributed by atoms with Gasteiger partial charge in [0, 0.05) is 18.6 Å². The first-order chi connectivity index (χ1) is 31.1. The summed E-state index contributed by atoms with van der Waals surface area (Å²) in [6.07, 6.45) is 14.7. The lowest BCUT2D eigenvalue weighted by atomic mass is 9.68. The van der Waals surface area contributed by atoms with Crippen LogP contribution >= 0.6 is 0 Å². The number of ether oxygens (including phenoxy) is 7. The number of unbranched alkanes of at least 4 members (excludes halogenated alkanes) is 6. The molecule has 0 unspecified atom stereocenters. The number of esters is 2. The summed E-state index contributed by atoms with van der Waals surface area (Å²) in [6.45, 7) is 10.6. The van der Waals surface area contributed by atoms with Gasteiger partial charge in [-0.25, -0.2) is 13.2 Å². The molecule has 0 radical (unpaired) electrons. The summed E-state index contributed by atoms with van der Waals surface area (Å²) in [6, 6.07) is 25.4. The zero-order valence-corrected chi connectivity index (χ0v) is 38.5. The zero-order valence-electron chi connectivity index (χ0n) is 37.7. The average molecular weight is 899 g/mol. The largest absolute Gasteiger partial charge is 0.494 e. The molecule has 2 aliphatic rings. The van der Waals surface area contributed by atoms with E-state index in [1.54, 1.807) is 24.3 Å². The molecule has 1 heterocycles. The Kier molecular flexibility index (Phi) is 18.7. The molecule has 11 nitrogen and oxygen atoms in total. The van der Waals surface area contributed by atoms with E-state index in [1.165, 1.54) is 74.2 Å². The molecule has 2 fully saturated rings. The van der Waals surface area contributed by atoms with E-state index in [-0.39, 0.29) is 33.1 Å². The smallest absolute Gasteiger partial charge is 0.343 e. The first kappa shape index (κ1) is 48.7. The standard InChI is InChI=1S/C52H66O11S/c1-3-51(30-13-31-51)37-57-32-9-5-7-11-34-60-43-18-14-41(15-19-43)36-49(53)62-45-22-26-47(27-23-45)64(55,56)48-28-24-46(25-29-48)63-50(54)42-16-20-44(21-17-42)61-35-12-8-6-10-33-58-38-52(4-2)39-59-40-52/h14-29H,3-13,30-40H2,1-2H3. The highest BCUT2D eigenvalue weighted by Gasteiger charge is 2.37. The molecular weight excluding hydrogens is 833 g/mol. The number of carbonyl (C=O) groups excluding carboxylic acids is 2. The van der Waals surface area contributed by atoms with Crippen LogP contribution in [0.3, 0.4) is 0 Å². The molecule has 1 saturated heterocycles. The van der Waals surface area contributed by atoms with Gasteiger partial charge in [0.2, 0.25) is 9.84 Å². The average Bonchev–Trinajstić information content (AvgIpc) is 3.28. The predicted octanol–water partition coefficient (Wildman–Crippen LogP) is 10.8. The molecule has 4 aromatic rings. The first-order valence-electron chi connectivity index (χ1n) is 23.2. The molecule has 346 valence electrons. The minimum Gasteiger partial charge on any atom is -0.494 e. The Hall–Kier alpha value is -4.75. The van der Waals surface area contributed by atoms with E-state index in [1.807, 2.05) is 24.3 Å². The lowest BCUT2D eigenvalue weighted by molar-refractivity contribution is -0.150. The third kappa shape index (κ3) is 14.6. The van der Waals surface area contributed by atoms with E-state index in [2.05, 4.69) is 13.8 Å². The van der Waals surface area contributed by atoms with Crippen LogP contribution in [0.5, 0.6) is 23.0 Å². The highest BCUT2D eigenvalue weighted by atomic mass is 32.2. The molecule has 0 aromatic heterocycles. The normalized spacial score (nSPS) is 15.1. The Morgan fingerprint density at radius 3 is 1.45 bits per heavy atom. The summed E-state index contributed by atoms with van der Waals surface area (Å²) in [5.41, 5.74) is 1.80. The van der Waals surface area contributed by atoms with Crippen molar-refractivity contribution in [2.45, 2.75) is 114 Å². The van der Waals surface area contributed by atoms with Crippen LogP contribution in [0.4, 0.5) is 0 Å². The van der Waals surface area contributed by atoms with Gasteiger partial charge in [-0.15, -0.1) is 0 Å². The number of sulfone groups is 1. The second kappa shape index (κ2) is 24.5. The van der Waals surface area contributed by atoms with Crippen molar-refractivity contribution in [1.82, 2.24) is 0 Å². The SMILES string of the molecule is CCC1(COCCCCCCOc2ccc(CC(=O)Oc3ccc(S(=O)(=O)c4ccc(OC(=O)c5ccc(OCCCCCCOCC6(CC)COC6)cc5)cc4)cc3)cc2)CCC1. The molecule has 0 atom stereocenters. The zero-order chi connectivity index (χ0) is 45.1. The first-order valence-corrected chi connectivity index (χ1v) is 24.7. The fourth-order valence-corrected chi connectivity index (χ4v) is 9.00. The second-order valence-electron chi connectivity index (χ2n) is 17.3. The van der Waals surface area contributed by atoms with Gasteiger partial charge in [0.15, 0.2) is 0 Å². The number of hydrogen-bond acceptors (Lipinski definition) is 11. The van der Waals surface area contributed by atoms with Crippen molar-refractivity contribution in [2.75, 3.05) is 52.9 Å². The topological polar surface area (TPSA) is 133 Å². The lowest BCUT2D eigenvalue weighted by Crippen LogP contribution is -2.45. The molecule has 1 saturated carbocycles. The van der Waals surface area contributed by atoms with Crippen LogP contribution in [0.15, 0.2) is 107 Å². The van der Waals surface area contributed by atoms with Gasteiger partial charge in [-0.3, -0.25) is 4.79 Å². The van der Waals surface area contributed by atoms with E-state index in [0.29, 0.717) is 29.9 Å². The maximum atomic E-state index is 13.4. The number of carbonyl (C=O) groups is 2. The lowest BCUT2D eigenvalue weighted by Gasteiger charge is -2.40. The van der Waals surface area contributed by atoms with Crippen molar-refractivity contribution in [3.63, 3.8) is 0 Å². The Balaban J connectivity index is 0.837. The molecule has 0 amide bonds. The minimum absolute atomic E-state index is 0.0216. The predicted molar refractivity (Wildman–Crippen MR) is 245 cm³/mol. The van der Waals surface area contributed by atoms with Crippen molar-refractivity contribution in [3.8, 4) is 23.0 Å². The summed E-state index contributed by atoms with van der Waals surface area (Å²) >= 11 is 0. The monoisotopic (exact) mass is 898 g/mol. The molecule has 6 rings (SSSR count). The summed E-state index contributed by atoms with van der Waals surface area (Å²) in [5.74, 6) is 0.798. The molecular formula is C52H66O11S. The van der Waals surface area contributed by atoms with Crippen LogP contribution < -0.4 is 18.9 Å². The molecule has 12 heteroatoms. The van der Waals surface area contributed by atoms with Crippen molar-refractivity contribution in [1.29, 1.82) is 0 Å². The van der Waals surface area contributed by atoms with E-state index < -0.39 is 21.8 Å². The number of hydrogen-bond donors (Lipinski definition) is 0. The Bertz CT molecular complexity index is 2110. The summed E-state index contributed by atoms with van der Waals surface area (Å²) in [4.78, 5) is 25.6. The summed E-state index contributed by atoms with van der Waals surface area (Å²) in [7, 11) is -3.90. The molecule has 0 spiro atoms. The van der Waals surface area contributed by atoms with Gasteiger partial charge in [0.1, 0.15) is 23.0 Å². The third-order valence-electron chi connectivity index (χ3n) is 12.5. The Labute approximate surface area is 380 Å². The van der Waals surface area contributed by atoms with Gasteiger partial charge in [-0.05, 0) is 160 Å². The second-order valence-corrected chi connectivity index (χ2v) is 19.3. The fourth-order valence-electron chi connectivity index (χ4n) is 7.73. The number of benzene rings is 4. The van der Waals surface area contributed by atoms with Gasteiger partial charge in [-0.1, -0.05) is 45.2 Å². The van der Waals surface area contributed by atoms with Crippen LogP contribution in [0.2, 0.25) is 0 Å². The summed E-state index contributed by atoms with van der Waals surface area (Å²) < 4.78 is 66.7. The van der Waals surface area contributed by atoms with E-state index in [9.17, 15) is 18.0 Å². The van der Waals surface area contributed by atoms with Crippen molar-refractivity contribution >= 4 is 21.8 Å². The van der Waals surface area contributed by atoms with Crippen LogP contribution in [-0.2, 0) is 35.3 Å². The third-order valence-corrected chi connectivity index (χ3v) is 14.3. The quantitative estimate of drug-likeness (QED) is 0.0293. The molecule has 1 aliphatic heterocycles. The van der Waals surface area contributed by atoms with Crippen LogP contribution in [0, 0.1) is 10.8 Å². The van der Waals surface area contributed by atoms with Crippen molar-refractivity contribution in [2.24, 2.45) is 10.8 Å². The van der Waals surface area contributed by atoms with Gasteiger partial charge < -0.3 is 33.2 Å². The van der Waals surface area contributed by atoms with Gasteiger partial charge in [0.05, 0.1) is 61.4 Å². The van der Waals surface area contributed by atoms with Crippen LogP contribution in [0.1, 0.15) is 113 Å². The van der Waals surface area contributed by atoms with Gasteiger partial charge in [0.25, 0.3) is 0 Å². The molecule has 0 bridgehead atoms. The molecule has 1 aliphatic carbocycles. The Morgan fingerprint density at radius 2 is 1.00 bits per heavy atom. The fraction of sp³-hybridized carbons (Fsp3) is 0.500. The van der Waals surface area contributed by atoms with Gasteiger partial charge >= 0.3 is 11.9 Å². The minimum atomic E-state index is -3.90. The van der Waals surface area contributed by atoms with E-state index in [0.717, 1.165) is 109 Å². The summed E-state index contributed by atoms with van der Waals surface area (Å²) in [5, 5.41) is 0. The highest BCUT2D eigenvalue weighted by Crippen LogP contribution is 2.44. The van der Waals surface area contributed by atoms with Crippen molar-refractivity contribution in [3.05, 3.63) is 108 Å². The van der Waals surface area contributed by atoms with Crippen LogP contribution in [-0.4, -0.2) is 73.2 Å². The van der Waals surface area contributed by atoms with Gasteiger partial charge in [-0.2, -0.15) is 0 Å². The molecule has 4 aromatic carbocycles. The molecule has 64 heavy (non-hydrogen) atoms. The van der Waals surface area contributed by atoms with E-state index >= 15 is 0 Å². The number of rotatable bonds is 29. The molecule has 0 N–H and O–H groups in total. The maximum absolute atomic E-state index is 13.4.